The van der Waals surface area contributed by atoms with Crippen molar-refractivity contribution in [3.63, 3.8) is 0 Å². The van der Waals surface area contributed by atoms with Crippen LogP contribution in [0.5, 0.6) is 0 Å². The zero-order valence-corrected chi connectivity index (χ0v) is 12.4. The third kappa shape index (κ3) is 3.59. The summed E-state index contributed by atoms with van der Waals surface area (Å²) < 4.78 is 13.0. The zero-order chi connectivity index (χ0) is 14.7. The predicted octanol–water partition coefficient (Wildman–Crippen LogP) is 4.24. The van der Waals surface area contributed by atoms with Gasteiger partial charge in [0.05, 0.1) is 6.10 Å². The van der Waals surface area contributed by atoms with Crippen molar-refractivity contribution in [3.05, 3.63) is 69.5 Å². The van der Waals surface area contributed by atoms with Crippen molar-refractivity contribution in [3.8, 4) is 0 Å². The van der Waals surface area contributed by atoms with Gasteiger partial charge in [-0.1, -0.05) is 35.9 Å². The van der Waals surface area contributed by atoms with Crippen molar-refractivity contribution in [1.82, 2.24) is 0 Å². The molecule has 0 fully saturated rings. The van der Waals surface area contributed by atoms with Gasteiger partial charge < -0.3 is 5.11 Å². The molecule has 3 heteroatoms. The maximum absolute atomic E-state index is 13.0. The first-order valence-corrected chi connectivity index (χ1v) is 7.02. The lowest BCUT2D eigenvalue weighted by Gasteiger charge is -2.15. The lowest BCUT2D eigenvalue weighted by Crippen LogP contribution is -2.15. The minimum atomic E-state index is -0.530. The van der Waals surface area contributed by atoms with Gasteiger partial charge in [0.25, 0.3) is 0 Å². The molecular weight excluding hydrogens is 275 g/mol. The summed E-state index contributed by atoms with van der Waals surface area (Å²) >= 11 is 5.99. The highest BCUT2D eigenvalue weighted by Gasteiger charge is 2.12. The Labute approximate surface area is 124 Å². The first kappa shape index (κ1) is 15.0. The average Bonchev–Trinajstić information content (AvgIpc) is 2.37. The van der Waals surface area contributed by atoms with E-state index in [0.717, 1.165) is 5.56 Å². The van der Waals surface area contributed by atoms with Gasteiger partial charge in [-0.05, 0) is 54.7 Å². The van der Waals surface area contributed by atoms with Crippen molar-refractivity contribution < 1.29 is 9.50 Å². The minimum Gasteiger partial charge on any atom is -0.392 e. The van der Waals surface area contributed by atoms with Crippen LogP contribution in [0, 0.1) is 19.7 Å². The van der Waals surface area contributed by atoms with Gasteiger partial charge in [-0.25, -0.2) is 4.39 Å². The van der Waals surface area contributed by atoms with E-state index in [4.69, 9.17) is 11.6 Å². The first-order valence-electron chi connectivity index (χ1n) is 6.64. The fourth-order valence-corrected chi connectivity index (χ4v) is 2.66. The minimum absolute atomic E-state index is 0.358. The van der Waals surface area contributed by atoms with Gasteiger partial charge in [0.1, 0.15) is 5.82 Å². The number of halogens is 2. The largest absolute Gasteiger partial charge is 0.392 e. The molecule has 1 atom stereocenters. The second-order valence-electron chi connectivity index (χ2n) is 5.17. The third-order valence-corrected chi connectivity index (χ3v) is 3.91. The molecule has 0 aliphatic rings. The van der Waals surface area contributed by atoms with Crippen LogP contribution in [0.3, 0.4) is 0 Å². The Bertz CT molecular complexity index is 590. The van der Waals surface area contributed by atoms with E-state index < -0.39 is 6.10 Å². The first-order chi connectivity index (χ1) is 9.47. The van der Waals surface area contributed by atoms with E-state index in [1.807, 2.05) is 32.0 Å². The maximum atomic E-state index is 13.0. The van der Waals surface area contributed by atoms with Crippen LogP contribution in [0.1, 0.15) is 22.3 Å². The highest BCUT2D eigenvalue weighted by atomic mass is 35.5. The Hall–Kier alpha value is -1.38. The van der Waals surface area contributed by atoms with E-state index in [1.54, 1.807) is 6.07 Å². The SMILES string of the molecule is Cc1cccc(C)c1CC(O)Cc1ccc(F)cc1Cl. The molecule has 2 aromatic rings. The number of aliphatic hydroxyl groups is 1. The molecule has 2 aromatic carbocycles. The highest BCUT2D eigenvalue weighted by Crippen LogP contribution is 2.21. The number of hydrogen-bond donors (Lipinski definition) is 1. The maximum Gasteiger partial charge on any atom is 0.124 e. The van der Waals surface area contributed by atoms with Crippen molar-refractivity contribution in [1.29, 1.82) is 0 Å². The summed E-state index contributed by atoms with van der Waals surface area (Å²) in [6.45, 7) is 4.08. The Morgan fingerprint density at radius 1 is 1.10 bits per heavy atom. The topological polar surface area (TPSA) is 20.2 Å². The molecule has 0 amide bonds. The summed E-state index contributed by atoms with van der Waals surface area (Å²) in [5, 5.41) is 10.6. The lowest BCUT2D eigenvalue weighted by molar-refractivity contribution is 0.175. The smallest absolute Gasteiger partial charge is 0.124 e. The molecular formula is C17H18ClFO. The molecule has 0 bridgehead atoms. The monoisotopic (exact) mass is 292 g/mol. The predicted molar refractivity (Wildman–Crippen MR) is 80.7 cm³/mol. The summed E-state index contributed by atoms with van der Waals surface area (Å²) in [5.74, 6) is -0.358. The van der Waals surface area contributed by atoms with Gasteiger partial charge in [-0.15, -0.1) is 0 Å². The second-order valence-corrected chi connectivity index (χ2v) is 5.58. The van der Waals surface area contributed by atoms with Crippen LogP contribution in [-0.2, 0) is 12.8 Å². The molecule has 0 aliphatic carbocycles. The zero-order valence-electron chi connectivity index (χ0n) is 11.7. The van der Waals surface area contributed by atoms with Crippen LogP contribution < -0.4 is 0 Å². The van der Waals surface area contributed by atoms with Crippen LogP contribution in [0.15, 0.2) is 36.4 Å². The Morgan fingerprint density at radius 2 is 1.75 bits per heavy atom. The summed E-state index contributed by atoms with van der Waals surface area (Å²) in [6.07, 6.45) is 0.469. The molecule has 0 spiro atoms. The number of rotatable bonds is 4. The number of aliphatic hydroxyl groups excluding tert-OH is 1. The number of hydrogen-bond acceptors (Lipinski definition) is 1. The molecule has 1 nitrogen and oxygen atoms in total. The van der Waals surface area contributed by atoms with E-state index >= 15 is 0 Å². The molecule has 0 saturated carbocycles. The van der Waals surface area contributed by atoms with Gasteiger partial charge in [0.2, 0.25) is 0 Å². The molecule has 1 N–H and O–H groups in total. The molecule has 106 valence electrons. The Morgan fingerprint density at radius 3 is 2.35 bits per heavy atom. The number of aryl methyl sites for hydroxylation is 2. The highest BCUT2D eigenvalue weighted by molar-refractivity contribution is 6.31. The fourth-order valence-electron chi connectivity index (χ4n) is 2.42. The molecule has 1 unspecified atom stereocenters. The van der Waals surface area contributed by atoms with Gasteiger partial charge in [0, 0.05) is 11.4 Å². The second kappa shape index (κ2) is 6.38. The van der Waals surface area contributed by atoms with E-state index in [0.29, 0.717) is 17.9 Å². The molecule has 0 radical (unpaired) electrons. The Kier molecular flexibility index (Phi) is 4.79. The van der Waals surface area contributed by atoms with Crippen molar-refractivity contribution in [2.75, 3.05) is 0 Å². The third-order valence-electron chi connectivity index (χ3n) is 3.55. The van der Waals surface area contributed by atoms with E-state index in [-0.39, 0.29) is 5.82 Å². The molecule has 0 aliphatic heterocycles. The summed E-state index contributed by atoms with van der Waals surface area (Å²) in [5.41, 5.74) is 4.29. The van der Waals surface area contributed by atoms with Crippen LogP contribution in [0.2, 0.25) is 5.02 Å². The molecule has 0 saturated heterocycles. The lowest BCUT2D eigenvalue weighted by atomic mass is 9.95. The van der Waals surface area contributed by atoms with E-state index in [1.165, 1.54) is 28.8 Å². The number of benzene rings is 2. The van der Waals surface area contributed by atoms with Crippen molar-refractivity contribution in [2.45, 2.75) is 32.8 Å². The molecule has 20 heavy (non-hydrogen) atoms. The molecule has 0 aromatic heterocycles. The van der Waals surface area contributed by atoms with Crippen LogP contribution in [-0.4, -0.2) is 11.2 Å². The van der Waals surface area contributed by atoms with Gasteiger partial charge in [-0.2, -0.15) is 0 Å². The average molecular weight is 293 g/mol. The van der Waals surface area contributed by atoms with Gasteiger partial charge >= 0.3 is 0 Å². The quantitative estimate of drug-likeness (QED) is 0.893. The van der Waals surface area contributed by atoms with Gasteiger partial charge in [-0.3, -0.25) is 0 Å². The summed E-state index contributed by atoms with van der Waals surface area (Å²) in [7, 11) is 0. The summed E-state index contributed by atoms with van der Waals surface area (Å²) in [4.78, 5) is 0. The van der Waals surface area contributed by atoms with Crippen LogP contribution in [0.4, 0.5) is 4.39 Å². The van der Waals surface area contributed by atoms with Crippen molar-refractivity contribution in [2.24, 2.45) is 0 Å². The molecule has 0 heterocycles. The van der Waals surface area contributed by atoms with E-state index in [2.05, 4.69) is 0 Å². The fraction of sp³-hybridized carbons (Fsp3) is 0.294. The standard InChI is InChI=1S/C17H18ClFO/c1-11-4-3-5-12(2)16(11)10-15(20)8-13-6-7-14(19)9-17(13)18/h3-7,9,15,20H,8,10H2,1-2H3. The normalized spacial score (nSPS) is 12.4. The van der Waals surface area contributed by atoms with Gasteiger partial charge in [0.15, 0.2) is 0 Å². The van der Waals surface area contributed by atoms with Crippen LogP contribution in [0.25, 0.3) is 0 Å². The van der Waals surface area contributed by atoms with Crippen LogP contribution >= 0.6 is 11.6 Å². The Balaban J connectivity index is 2.11. The van der Waals surface area contributed by atoms with Crippen molar-refractivity contribution >= 4 is 11.6 Å². The van der Waals surface area contributed by atoms with E-state index in [9.17, 15) is 9.50 Å². The summed E-state index contributed by atoms with van der Waals surface area (Å²) in [6, 6.07) is 10.4. The molecule has 2 rings (SSSR count).